The van der Waals surface area contributed by atoms with Crippen LogP contribution in [0.15, 0.2) is 142 Å². The van der Waals surface area contributed by atoms with Gasteiger partial charge in [-0.2, -0.15) is 13.2 Å². The van der Waals surface area contributed by atoms with Gasteiger partial charge in [0.2, 0.25) is 0 Å². The van der Waals surface area contributed by atoms with E-state index in [1.54, 1.807) is 24.3 Å². The number of carbonyl (C=O) groups excluding carboxylic acids is 1. The fraction of sp³-hybridized carbons (Fsp3) is 0.421. The third-order valence-electron chi connectivity index (χ3n) is 15.1. The number of alkyl halides is 3. The van der Waals surface area contributed by atoms with E-state index in [2.05, 4.69) is 46.0 Å². The minimum absolute atomic E-state index is 0.0229. The van der Waals surface area contributed by atoms with Crippen LogP contribution < -0.4 is 14.9 Å². The number of halogens is 5. The van der Waals surface area contributed by atoms with E-state index in [-0.39, 0.29) is 23.9 Å². The van der Waals surface area contributed by atoms with E-state index in [0.29, 0.717) is 67.4 Å². The van der Waals surface area contributed by atoms with Crippen LogP contribution >= 0.6 is 42.6 Å². The highest BCUT2D eigenvalue weighted by Gasteiger charge is 2.49. The van der Waals surface area contributed by atoms with Gasteiger partial charge in [-0.1, -0.05) is 85.1 Å². The van der Waals surface area contributed by atoms with Crippen molar-refractivity contribution in [3.63, 3.8) is 0 Å². The summed E-state index contributed by atoms with van der Waals surface area (Å²) in [7, 11) is -14.5. The first kappa shape index (κ1) is 60.2. The molecule has 2 unspecified atom stereocenters. The molecule has 14 nitrogen and oxygen atoms in total. The molecule has 3 aliphatic heterocycles. The molecule has 0 saturated carbocycles. The Bertz CT molecular complexity index is 3290. The van der Waals surface area contributed by atoms with Gasteiger partial charge in [0.1, 0.15) is 11.2 Å². The Kier molecular flexibility index (Phi) is 19.2. The summed E-state index contributed by atoms with van der Waals surface area (Å²) < 4.78 is 125. The summed E-state index contributed by atoms with van der Waals surface area (Å²) in [5.74, 6) is -0.745. The van der Waals surface area contributed by atoms with Crippen LogP contribution in [-0.4, -0.2) is 133 Å². The maximum Gasteiger partial charge on any atom is 0.501 e. The van der Waals surface area contributed by atoms with E-state index in [9.17, 15) is 39.4 Å². The second-order valence-corrected chi connectivity index (χ2v) is 29.1. The van der Waals surface area contributed by atoms with E-state index in [0.717, 1.165) is 80.3 Å². The Balaban J connectivity index is 0.832. The number of hydrogen-bond donors (Lipinski definition) is 2. The highest BCUT2D eigenvalue weighted by atomic mass is 35.5. The summed E-state index contributed by atoms with van der Waals surface area (Å²) in [6.07, 6.45) is 3.68. The van der Waals surface area contributed by atoms with Crippen molar-refractivity contribution >= 4 is 85.3 Å². The zero-order chi connectivity index (χ0) is 56.9. The molecule has 23 heteroatoms. The highest BCUT2D eigenvalue weighted by molar-refractivity contribution is 7.99. The zero-order valence-electron chi connectivity index (χ0n) is 44.5. The van der Waals surface area contributed by atoms with Gasteiger partial charge in [-0.3, -0.25) is 23.7 Å². The summed E-state index contributed by atoms with van der Waals surface area (Å²) in [5.41, 5.74) is -0.374. The summed E-state index contributed by atoms with van der Waals surface area (Å²) in [6, 6.07) is 32.8. The second-order valence-electron chi connectivity index (χ2n) is 21.5. The fourth-order valence-electron chi connectivity index (χ4n) is 10.7. The molecular formula is C57H66Cl2F3N6O8PS3. The van der Waals surface area contributed by atoms with Crippen molar-refractivity contribution in [1.82, 2.24) is 19.4 Å². The van der Waals surface area contributed by atoms with Crippen molar-refractivity contribution in [3.05, 3.63) is 154 Å². The molecule has 2 N–H and O–H groups in total. The normalized spacial score (nSPS) is 21.3. The zero-order valence-corrected chi connectivity index (χ0v) is 49.4. The largest absolute Gasteiger partial charge is 0.501 e. The van der Waals surface area contributed by atoms with Gasteiger partial charge in [-0.25, -0.2) is 21.6 Å². The van der Waals surface area contributed by atoms with Crippen LogP contribution in [0.3, 0.4) is 0 Å². The molecule has 3 saturated heterocycles. The van der Waals surface area contributed by atoms with Gasteiger partial charge in [-0.15, -0.1) is 11.8 Å². The molecule has 430 valence electrons. The van der Waals surface area contributed by atoms with Crippen LogP contribution in [0, 0.1) is 5.41 Å². The average molecular weight is 1220 g/mol. The van der Waals surface area contributed by atoms with Crippen LogP contribution in [0.4, 0.5) is 24.5 Å². The number of hydrogen-bond acceptors (Lipinski definition) is 14. The fourth-order valence-corrected chi connectivity index (χ4v) is 16.0. The Morgan fingerprint density at radius 1 is 0.812 bits per heavy atom. The lowest BCUT2D eigenvalue weighted by molar-refractivity contribution is -0.0436. The summed E-state index contributed by atoms with van der Waals surface area (Å²) in [5, 5.41) is 4.28. The number of sulfonamides is 1. The van der Waals surface area contributed by atoms with E-state index in [4.69, 9.17) is 32.2 Å². The Morgan fingerprint density at radius 2 is 1.50 bits per heavy atom. The number of nitrogens with zero attached hydrogens (tertiary/aromatic N) is 4. The van der Waals surface area contributed by atoms with Crippen molar-refractivity contribution in [2.75, 3.05) is 94.3 Å². The molecule has 0 aromatic heterocycles. The third-order valence-corrected chi connectivity index (χ3v) is 21.5. The lowest BCUT2D eigenvalue weighted by Gasteiger charge is -2.39. The quantitative estimate of drug-likeness (QED) is 0.0594. The molecule has 3 heterocycles. The second kappa shape index (κ2) is 25.6. The number of amides is 1. The first-order valence-electron chi connectivity index (χ1n) is 26.6. The van der Waals surface area contributed by atoms with E-state index in [1.807, 2.05) is 64.2 Å². The maximum absolute atomic E-state index is 14.5. The number of piperazine rings is 2. The van der Waals surface area contributed by atoms with Crippen molar-refractivity contribution < 1.29 is 48.4 Å². The van der Waals surface area contributed by atoms with E-state index < -0.39 is 66.5 Å². The molecule has 0 bridgehead atoms. The molecule has 1 amide bonds. The molecule has 5 aromatic carbocycles. The number of nitrogens with one attached hydrogen (secondary N) is 2. The maximum atomic E-state index is 14.5. The number of allylic oxidation sites excluding steroid dienone is 1. The van der Waals surface area contributed by atoms with Crippen LogP contribution in [0.5, 0.6) is 0 Å². The Hall–Kier alpha value is -4.44. The molecule has 80 heavy (non-hydrogen) atoms. The number of thioether (sulfide) groups is 1. The molecule has 9 rings (SSSR count). The summed E-state index contributed by atoms with van der Waals surface area (Å²) in [4.78, 5) is 21.1. The van der Waals surface area contributed by atoms with Crippen LogP contribution in [-0.2, 0) is 33.5 Å². The lowest BCUT2D eigenvalue weighted by atomic mass is 9.73. The predicted molar refractivity (Wildman–Crippen MR) is 311 cm³/mol. The van der Waals surface area contributed by atoms with Crippen LogP contribution in [0.1, 0.15) is 73.5 Å². The highest BCUT2D eigenvalue weighted by Crippen LogP contribution is 2.56. The molecule has 1 aliphatic carbocycles. The van der Waals surface area contributed by atoms with Gasteiger partial charge < -0.3 is 19.6 Å². The van der Waals surface area contributed by atoms with Gasteiger partial charge in [0.25, 0.3) is 25.8 Å². The Morgan fingerprint density at radius 3 is 2.19 bits per heavy atom. The summed E-state index contributed by atoms with van der Waals surface area (Å²) >= 11 is 13.8. The van der Waals surface area contributed by atoms with Crippen LogP contribution in [0.25, 0.3) is 5.57 Å². The van der Waals surface area contributed by atoms with Crippen molar-refractivity contribution in [3.8, 4) is 0 Å². The molecule has 3 fully saturated rings. The summed E-state index contributed by atoms with van der Waals surface area (Å²) in [6.45, 7) is 11.5. The first-order chi connectivity index (χ1) is 38.0. The smallest absolute Gasteiger partial charge is 0.380 e. The number of rotatable bonds is 19. The molecule has 0 radical (unpaired) electrons. The van der Waals surface area contributed by atoms with Gasteiger partial charge in [0.05, 0.1) is 23.3 Å². The first-order valence-corrected chi connectivity index (χ1v) is 33.1. The number of sulfone groups is 1. The minimum atomic E-state index is -6.14. The molecular weight excluding hydrogens is 1150 g/mol. The third kappa shape index (κ3) is 15.4. The average Bonchev–Trinajstić information content (AvgIpc) is 3.52. The van der Waals surface area contributed by atoms with Gasteiger partial charge in [-0.05, 0) is 127 Å². The SMILES string of the molecule is CC1(C)CCC(c2ccc(Cl)cc2)=C(CN2CCN(c3ccc(C(=O)NS(=O)(=O)c4ccc(N[C@H](CCN5CCN(CP6(=O)OCCC(c7cccc(Cl)c7)O6)CC5)CSc5ccccc5)c(S(=O)(=O)C(F)(F)F)c4)cc3)CC2)C1. The molecule has 4 aliphatic rings. The Labute approximate surface area is 481 Å². The molecule has 3 atom stereocenters. The number of anilines is 2. The van der Waals surface area contributed by atoms with Crippen molar-refractivity contribution in [1.29, 1.82) is 0 Å². The monoisotopic (exact) mass is 1220 g/mol. The predicted octanol–water partition coefficient (Wildman–Crippen LogP) is 12.1. The van der Waals surface area contributed by atoms with Crippen molar-refractivity contribution in [2.24, 2.45) is 5.41 Å². The number of benzene rings is 5. The van der Waals surface area contributed by atoms with Crippen molar-refractivity contribution in [2.45, 2.75) is 78.3 Å². The van der Waals surface area contributed by atoms with Crippen LogP contribution in [0.2, 0.25) is 10.0 Å². The number of carbonyl (C=O) groups is 1. The lowest BCUT2D eigenvalue weighted by Crippen LogP contribution is -2.47. The topological polar surface area (TPSA) is 158 Å². The molecule has 0 spiro atoms. The van der Waals surface area contributed by atoms with Gasteiger partial charge >= 0.3 is 13.1 Å². The van der Waals surface area contributed by atoms with E-state index in [1.165, 1.54) is 40.6 Å². The van der Waals surface area contributed by atoms with E-state index >= 15 is 0 Å². The van der Waals surface area contributed by atoms with Gasteiger partial charge in [0.15, 0.2) is 0 Å². The van der Waals surface area contributed by atoms with Gasteiger partial charge in [0, 0.05) is 110 Å². The standard InChI is InChI=1S/C57H66Cl2F3N6O8PS3/c1-56(2)24-21-51(41-11-15-45(58)16-12-41)44(37-56)38-66-30-32-68(33-31-66)48-17-13-42(14-18-48)55(69)64-80(73,74)50-19-20-52(54(36-50)79(71,72)57(60,61)62)63-47(39-78-49-9-4-3-5-10-49)22-25-65-26-28-67(29-27-65)40-77(70)75-34-23-53(76-77)43-7-6-8-46(59)35-43/h3-20,35-36,47,53,63H,21-34,37-40H2,1-2H3,(H,64,69)/t47-,53?,77?/m1/s1. The minimum Gasteiger partial charge on any atom is -0.380 e. The molecule has 5 aromatic rings.